The molecular formula is C21H18F3N3OS. The number of hydrogen-bond acceptors (Lipinski definition) is 4. The van der Waals surface area contributed by atoms with Crippen LogP contribution in [0.15, 0.2) is 72.0 Å². The Labute approximate surface area is 170 Å². The normalized spacial score (nSPS) is 12.4. The molecule has 0 aliphatic carbocycles. The molecule has 1 N–H and O–H groups in total. The molecule has 0 aliphatic rings. The third kappa shape index (κ3) is 5.80. The maximum atomic E-state index is 12.7. The second kappa shape index (κ2) is 9.09. The highest BCUT2D eigenvalue weighted by atomic mass is 32.2. The Balaban J connectivity index is 1.55. The molecular weight excluding hydrogens is 399 g/mol. The molecule has 0 saturated carbocycles. The van der Waals surface area contributed by atoms with Gasteiger partial charge in [-0.05, 0) is 29.7 Å². The summed E-state index contributed by atoms with van der Waals surface area (Å²) in [4.78, 5) is 19.4. The summed E-state index contributed by atoms with van der Waals surface area (Å²) in [7, 11) is 0. The van der Waals surface area contributed by atoms with Gasteiger partial charge in [-0.15, -0.1) is 0 Å². The molecule has 29 heavy (non-hydrogen) atoms. The number of amides is 1. The van der Waals surface area contributed by atoms with Crippen LogP contribution in [0.2, 0.25) is 0 Å². The maximum absolute atomic E-state index is 12.7. The van der Waals surface area contributed by atoms with E-state index in [2.05, 4.69) is 15.3 Å². The van der Waals surface area contributed by atoms with Crippen LogP contribution < -0.4 is 5.32 Å². The number of nitrogens with one attached hydrogen (secondary N) is 1. The van der Waals surface area contributed by atoms with Gasteiger partial charge in [0.15, 0.2) is 5.16 Å². The Kier molecular flexibility index (Phi) is 6.53. The van der Waals surface area contributed by atoms with Crippen LogP contribution in [-0.4, -0.2) is 21.6 Å². The number of alkyl halides is 3. The van der Waals surface area contributed by atoms with Gasteiger partial charge >= 0.3 is 6.18 Å². The van der Waals surface area contributed by atoms with E-state index in [1.807, 2.05) is 61.5 Å². The van der Waals surface area contributed by atoms with E-state index in [9.17, 15) is 18.0 Å². The van der Waals surface area contributed by atoms with Crippen molar-refractivity contribution in [3.05, 3.63) is 78.1 Å². The first-order valence-corrected chi connectivity index (χ1v) is 9.79. The smallest absolute Gasteiger partial charge is 0.349 e. The zero-order chi connectivity index (χ0) is 20.9. The lowest BCUT2D eigenvalue weighted by Crippen LogP contribution is -2.28. The molecule has 3 aromatic rings. The van der Waals surface area contributed by atoms with E-state index in [0.29, 0.717) is 0 Å². The Bertz CT molecular complexity index is 963. The molecule has 4 nitrogen and oxygen atoms in total. The molecule has 0 aliphatic heterocycles. The van der Waals surface area contributed by atoms with Crippen molar-refractivity contribution in [3.63, 3.8) is 0 Å². The summed E-state index contributed by atoms with van der Waals surface area (Å²) in [5, 5.41) is 2.74. The number of carbonyl (C=O) groups is 1. The van der Waals surface area contributed by atoms with Crippen LogP contribution in [0.25, 0.3) is 11.1 Å². The van der Waals surface area contributed by atoms with Gasteiger partial charge in [-0.3, -0.25) is 4.79 Å². The summed E-state index contributed by atoms with van der Waals surface area (Å²) < 4.78 is 38.1. The number of thioether (sulfide) groups is 1. The molecule has 0 radical (unpaired) electrons. The second-order valence-corrected chi connectivity index (χ2v) is 7.23. The molecule has 0 spiro atoms. The zero-order valence-electron chi connectivity index (χ0n) is 15.5. The molecule has 2 aromatic carbocycles. The molecule has 0 unspecified atom stereocenters. The minimum absolute atomic E-state index is 0.0756. The van der Waals surface area contributed by atoms with Gasteiger partial charge < -0.3 is 5.32 Å². The largest absolute Gasteiger partial charge is 0.433 e. The molecule has 0 saturated heterocycles. The number of aromatic nitrogens is 2. The Morgan fingerprint density at radius 3 is 2.34 bits per heavy atom. The highest BCUT2D eigenvalue weighted by Gasteiger charge is 2.32. The summed E-state index contributed by atoms with van der Waals surface area (Å²) in [6.07, 6.45) is -3.51. The summed E-state index contributed by atoms with van der Waals surface area (Å²) >= 11 is 0.861. The van der Waals surface area contributed by atoms with Crippen LogP contribution >= 0.6 is 11.8 Å². The minimum atomic E-state index is -4.54. The van der Waals surface area contributed by atoms with Gasteiger partial charge in [-0.1, -0.05) is 66.4 Å². The molecule has 1 heterocycles. The molecule has 0 fully saturated rings. The standard InChI is InChI=1S/C21H18F3N3OS/c1-14(15-7-9-17(10-8-15)16-5-3-2-4-6-16)26-19(28)13-29-20-25-12-11-18(27-20)21(22,23)24/h2-12,14H,13H2,1H3,(H,26,28)/t14-/m0/s1. The van der Waals surface area contributed by atoms with Crippen molar-refractivity contribution in [2.24, 2.45) is 0 Å². The number of nitrogens with zero attached hydrogens (tertiary/aromatic N) is 2. The summed E-state index contributed by atoms with van der Waals surface area (Å²) in [5.74, 6) is -0.385. The Morgan fingerprint density at radius 1 is 1.03 bits per heavy atom. The predicted octanol–water partition coefficient (Wildman–Crippen LogP) is 5.13. The van der Waals surface area contributed by atoms with E-state index < -0.39 is 11.9 Å². The SMILES string of the molecule is C[C@H](NC(=O)CSc1nccc(C(F)(F)F)n1)c1ccc(-c2ccccc2)cc1. The highest BCUT2D eigenvalue weighted by molar-refractivity contribution is 7.99. The third-order valence-electron chi connectivity index (χ3n) is 4.15. The minimum Gasteiger partial charge on any atom is -0.349 e. The van der Waals surface area contributed by atoms with Crippen LogP contribution in [0.1, 0.15) is 24.2 Å². The molecule has 3 rings (SSSR count). The fourth-order valence-electron chi connectivity index (χ4n) is 2.66. The molecule has 150 valence electrons. The summed E-state index contributed by atoms with van der Waals surface area (Å²) in [6.45, 7) is 1.85. The van der Waals surface area contributed by atoms with Crippen LogP contribution in [0.3, 0.4) is 0 Å². The third-order valence-corrected chi connectivity index (χ3v) is 5.01. The van der Waals surface area contributed by atoms with E-state index in [1.54, 1.807) is 0 Å². The highest BCUT2D eigenvalue weighted by Crippen LogP contribution is 2.28. The monoisotopic (exact) mass is 417 g/mol. The average molecular weight is 417 g/mol. The van der Waals surface area contributed by atoms with E-state index in [1.165, 1.54) is 0 Å². The van der Waals surface area contributed by atoms with Crippen LogP contribution in [0, 0.1) is 0 Å². The van der Waals surface area contributed by atoms with Crippen molar-refractivity contribution in [2.45, 2.75) is 24.3 Å². The first-order chi connectivity index (χ1) is 13.8. The van der Waals surface area contributed by atoms with Crippen molar-refractivity contribution < 1.29 is 18.0 Å². The number of rotatable bonds is 6. The van der Waals surface area contributed by atoms with Gasteiger partial charge in [0.05, 0.1) is 11.8 Å². The average Bonchev–Trinajstić information content (AvgIpc) is 2.72. The molecule has 1 aromatic heterocycles. The topological polar surface area (TPSA) is 54.9 Å². The second-order valence-electron chi connectivity index (χ2n) is 6.29. The maximum Gasteiger partial charge on any atom is 0.433 e. The van der Waals surface area contributed by atoms with Crippen LogP contribution in [0.5, 0.6) is 0 Å². The fourth-order valence-corrected chi connectivity index (χ4v) is 3.30. The van der Waals surface area contributed by atoms with Crippen molar-refractivity contribution in [1.29, 1.82) is 0 Å². The Hall–Kier alpha value is -2.87. The molecule has 1 atom stereocenters. The Morgan fingerprint density at radius 2 is 1.69 bits per heavy atom. The fraction of sp³-hybridized carbons (Fsp3) is 0.190. The number of halogens is 3. The zero-order valence-corrected chi connectivity index (χ0v) is 16.3. The lowest BCUT2D eigenvalue weighted by Gasteiger charge is -2.15. The van der Waals surface area contributed by atoms with Crippen LogP contribution in [0.4, 0.5) is 13.2 Å². The van der Waals surface area contributed by atoms with E-state index in [4.69, 9.17) is 0 Å². The van der Waals surface area contributed by atoms with Crippen molar-refractivity contribution in [2.75, 3.05) is 5.75 Å². The van der Waals surface area contributed by atoms with Gasteiger partial charge in [-0.25, -0.2) is 9.97 Å². The van der Waals surface area contributed by atoms with Gasteiger partial charge in [-0.2, -0.15) is 13.2 Å². The lowest BCUT2D eigenvalue weighted by molar-refractivity contribution is -0.141. The van der Waals surface area contributed by atoms with E-state index >= 15 is 0 Å². The van der Waals surface area contributed by atoms with Crippen molar-refractivity contribution in [1.82, 2.24) is 15.3 Å². The number of hydrogen-bond donors (Lipinski definition) is 1. The number of benzene rings is 2. The first kappa shape index (κ1) is 20.9. The van der Waals surface area contributed by atoms with Gasteiger partial charge in [0.1, 0.15) is 5.69 Å². The van der Waals surface area contributed by atoms with E-state index in [-0.39, 0.29) is 22.9 Å². The van der Waals surface area contributed by atoms with E-state index in [0.717, 1.165) is 40.7 Å². The summed E-state index contributed by atoms with van der Waals surface area (Å²) in [6, 6.07) is 18.3. The van der Waals surface area contributed by atoms with Gasteiger partial charge in [0.2, 0.25) is 5.91 Å². The quantitative estimate of drug-likeness (QED) is 0.446. The molecule has 0 bridgehead atoms. The molecule has 8 heteroatoms. The van der Waals surface area contributed by atoms with Crippen LogP contribution in [-0.2, 0) is 11.0 Å². The lowest BCUT2D eigenvalue weighted by atomic mass is 10.0. The number of carbonyl (C=O) groups excluding carboxylic acids is 1. The predicted molar refractivity (Wildman–Crippen MR) is 106 cm³/mol. The van der Waals surface area contributed by atoms with Gasteiger partial charge in [0, 0.05) is 6.20 Å². The molecule has 1 amide bonds. The van der Waals surface area contributed by atoms with Crippen molar-refractivity contribution >= 4 is 17.7 Å². The summed E-state index contributed by atoms with van der Waals surface area (Å²) in [5.41, 5.74) is 2.08. The van der Waals surface area contributed by atoms with Crippen molar-refractivity contribution in [3.8, 4) is 11.1 Å². The first-order valence-electron chi connectivity index (χ1n) is 8.81. The van der Waals surface area contributed by atoms with Gasteiger partial charge in [0.25, 0.3) is 0 Å².